The van der Waals surface area contributed by atoms with E-state index in [1.165, 1.54) is 11.1 Å². The number of rotatable bonds is 3. The van der Waals surface area contributed by atoms with Crippen LogP contribution in [0.25, 0.3) is 0 Å². The van der Waals surface area contributed by atoms with Crippen molar-refractivity contribution in [3.63, 3.8) is 0 Å². The molecule has 1 heterocycles. The average Bonchev–Trinajstić information content (AvgIpc) is 2.39. The van der Waals surface area contributed by atoms with Crippen LogP contribution in [0.15, 0.2) is 24.3 Å². The zero-order chi connectivity index (χ0) is 13.9. The summed E-state index contributed by atoms with van der Waals surface area (Å²) in [7, 11) is 0. The zero-order valence-corrected chi connectivity index (χ0v) is 12.3. The summed E-state index contributed by atoms with van der Waals surface area (Å²) in [5, 5.41) is 12.7. The first-order valence-corrected chi connectivity index (χ1v) is 7.16. The van der Waals surface area contributed by atoms with E-state index in [1.54, 1.807) is 0 Å². The van der Waals surface area contributed by atoms with E-state index in [1.807, 2.05) is 0 Å². The van der Waals surface area contributed by atoms with E-state index in [9.17, 15) is 5.11 Å². The third-order valence-electron chi connectivity index (χ3n) is 3.89. The summed E-state index contributed by atoms with van der Waals surface area (Å²) in [4.78, 5) is 2.36. The van der Waals surface area contributed by atoms with Gasteiger partial charge < -0.3 is 10.4 Å². The van der Waals surface area contributed by atoms with E-state index in [-0.39, 0.29) is 18.1 Å². The van der Waals surface area contributed by atoms with Crippen molar-refractivity contribution in [2.45, 2.75) is 38.8 Å². The van der Waals surface area contributed by atoms with Crippen molar-refractivity contribution in [2.75, 3.05) is 26.2 Å². The van der Waals surface area contributed by atoms with Crippen LogP contribution in [-0.2, 0) is 12.0 Å². The van der Waals surface area contributed by atoms with Gasteiger partial charge in [-0.3, -0.25) is 4.90 Å². The summed E-state index contributed by atoms with van der Waals surface area (Å²) >= 11 is 0. The molecule has 19 heavy (non-hydrogen) atoms. The first-order chi connectivity index (χ1) is 9.00. The van der Waals surface area contributed by atoms with Gasteiger partial charge in [0.2, 0.25) is 0 Å². The molecule has 0 saturated carbocycles. The van der Waals surface area contributed by atoms with E-state index in [0.29, 0.717) is 0 Å². The van der Waals surface area contributed by atoms with Gasteiger partial charge in [-0.05, 0) is 16.5 Å². The van der Waals surface area contributed by atoms with E-state index in [4.69, 9.17) is 0 Å². The predicted octanol–water partition coefficient (Wildman–Crippen LogP) is 1.75. The van der Waals surface area contributed by atoms with E-state index in [0.717, 1.165) is 26.2 Å². The predicted molar refractivity (Wildman–Crippen MR) is 79.3 cm³/mol. The highest BCUT2D eigenvalue weighted by Gasteiger charge is 2.21. The lowest BCUT2D eigenvalue weighted by molar-refractivity contribution is 0.0945. The van der Waals surface area contributed by atoms with Crippen molar-refractivity contribution in [1.29, 1.82) is 0 Å². The van der Waals surface area contributed by atoms with Gasteiger partial charge in [0.1, 0.15) is 0 Å². The molecule has 1 aromatic carbocycles. The third kappa shape index (κ3) is 3.78. The van der Waals surface area contributed by atoms with Gasteiger partial charge in [0.25, 0.3) is 0 Å². The van der Waals surface area contributed by atoms with E-state index < -0.39 is 0 Å². The smallest absolute Gasteiger partial charge is 0.0599 e. The van der Waals surface area contributed by atoms with Crippen LogP contribution in [0.4, 0.5) is 0 Å². The summed E-state index contributed by atoms with van der Waals surface area (Å²) in [6.45, 7) is 10.8. The number of aliphatic hydroxyl groups excluding tert-OH is 1. The fourth-order valence-electron chi connectivity index (χ4n) is 2.54. The van der Waals surface area contributed by atoms with Crippen molar-refractivity contribution in [3.05, 3.63) is 35.4 Å². The summed E-state index contributed by atoms with van der Waals surface area (Å²) in [6, 6.07) is 9.14. The Morgan fingerprint density at radius 3 is 2.53 bits per heavy atom. The minimum Gasteiger partial charge on any atom is -0.395 e. The van der Waals surface area contributed by atoms with Gasteiger partial charge in [0.05, 0.1) is 6.61 Å². The second kappa shape index (κ2) is 6.04. The Labute approximate surface area is 116 Å². The Hall–Kier alpha value is -0.900. The first-order valence-electron chi connectivity index (χ1n) is 7.16. The molecule has 1 unspecified atom stereocenters. The molecule has 1 aliphatic rings. The third-order valence-corrected chi connectivity index (χ3v) is 3.89. The lowest BCUT2D eigenvalue weighted by Crippen LogP contribution is -2.52. The van der Waals surface area contributed by atoms with Crippen LogP contribution >= 0.6 is 0 Å². The van der Waals surface area contributed by atoms with Gasteiger partial charge >= 0.3 is 0 Å². The van der Waals surface area contributed by atoms with Crippen LogP contribution in [-0.4, -0.2) is 42.3 Å². The Kier molecular flexibility index (Phi) is 4.61. The molecule has 1 atom stereocenters. The van der Waals surface area contributed by atoms with Gasteiger partial charge in [-0.2, -0.15) is 0 Å². The van der Waals surface area contributed by atoms with Crippen molar-refractivity contribution in [3.8, 4) is 0 Å². The average molecular weight is 262 g/mol. The zero-order valence-electron chi connectivity index (χ0n) is 12.3. The van der Waals surface area contributed by atoms with Crippen LogP contribution < -0.4 is 5.32 Å². The van der Waals surface area contributed by atoms with E-state index in [2.05, 4.69) is 55.3 Å². The minimum atomic E-state index is 0.210. The Morgan fingerprint density at radius 1 is 1.26 bits per heavy atom. The quantitative estimate of drug-likeness (QED) is 0.871. The number of benzene rings is 1. The lowest BCUT2D eigenvalue weighted by atomic mass is 9.86. The molecule has 0 amide bonds. The second-order valence-electron chi connectivity index (χ2n) is 6.46. The maximum atomic E-state index is 9.41. The number of hydrogen-bond acceptors (Lipinski definition) is 3. The molecule has 1 fully saturated rings. The van der Waals surface area contributed by atoms with Gasteiger partial charge in [-0.25, -0.2) is 0 Å². The summed E-state index contributed by atoms with van der Waals surface area (Å²) in [5.41, 5.74) is 2.91. The molecule has 0 radical (unpaired) electrons. The van der Waals surface area contributed by atoms with Crippen LogP contribution in [0.3, 0.4) is 0 Å². The van der Waals surface area contributed by atoms with Gasteiger partial charge in [-0.15, -0.1) is 0 Å². The van der Waals surface area contributed by atoms with Gasteiger partial charge in [0.15, 0.2) is 0 Å². The number of aliphatic hydroxyl groups is 1. The first kappa shape index (κ1) is 14.5. The maximum Gasteiger partial charge on any atom is 0.0599 e. The standard InChI is InChI=1S/C16H26N2O/c1-16(2,3)14-6-4-13(5-7-14)11-18-9-8-17-10-15(18)12-19/h4-7,15,17,19H,8-12H2,1-3H3. The molecular formula is C16H26N2O. The number of nitrogens with zero attached hydrogens (tertiary/aromatic N) is 1. The molecule has 1 aliphatic heterocycles. The van der Waals surface area contributed by atoms with Crippen molar-refractivity contribution in [2.24, 2.45) is 0 Å². The highest BCUT2D eigenvalue weighted by atomic mass is 16.3. The van der Waals surface area contributed by atoms with Crippen LogP contribution in [0.5, 0.6) is 0 Å². The molecule has 0 aromatic heterocycles. The molecule has 0 bridgehead atoms. The molecule has 1 aromatic rings. The number of piperazine rings is 1. The number of nitrogens with one attached hydrogen (secondary N) is 1. The van der Waals surface area contributed by atoms with Gasteiger partial charge in [-0.1, -0.05) is 45.0 Å². The van der Waals surface area contributed by atoms with Crippen molar-refractivity contribution >= 4 is 0 Å². The van der Waals surface area contributed by atoms with Crippen LogP contribution in [0.1, 0.15) is 31.9 Å². The Bertz CT molecular complexity index is 394. The maximum absolute atomic E-state index is 9.41. The normalized spacial score (nSPS) is 21.6. The van der Waals surface area contributed by atoms with Crippen molar-refractivity contribution < 1.29 is 5.11 Å². The Morgan fingerprint density at radius 2 is 1.95 bits per heavy atom. The molecule has 2 N–H and O–H groups in total. The van der Waals surface area contributed by atoms with Crippen LogP contribution in [0, 0.1) is 0 Å². The highest BCUT2D eigenvalue weighted by molar-refractivity contribution is 5.27. The fourth-order valence-corrected chi connectivity index (χ4v) is 2.54. The van der Waals surface area contributed by atoms with Crippen LogP contribution in [0.2, 0.25) is 0 Å². The van der Waals surface area contributed by atoms with Gasteiger partial charge in [0, 0.05) is 32.2 Å². The number of hydrogen-bond donors (Lipinski definition) is 2. The molecule has 3 heteroatoms. The summed E-state index contributed by atoms with van der Waals surface area (Å²) < 4.78 is 0. The topological polar surface area (TPSA) is 35.5 Å². The molecule has 0 spiro atoms. The summed E-state index contributed by atoms with van der Waals surface area (Å²) in [6.07, 6.45) is 0. The fraction of sp³-hybridized carbons (Fsp3) is 0.625. The molecular weight excluding hydrogens is 236 g/mol. The SMILES string of the molecule is CC(C)(C)c1ccc(CN2CCNCC2CO)cc1. The Balaban J connectivity index is 2.02. The molecule has 1 saturated heterocycles. The highest BCUT2D eigenvalue weighted by Crippen LogP contribution is 2.22. The minimum absolute atomic E-state index is 0.210. The molecule has 3 nitrogen and oxygen atoms in total. The molecule has 106 valence electrons. The summed E-state index contributed by atoms with van der Waals surface area (Å²) in [5.74, 6) is 0. The second-order valence-corrected chi connectivity index (χ2v) is 6.46. The molecule has 0 aliphatic carbocycles. The van der Waals surface area contributed by atoms with Crippen molar-refractivity contribution in [1.82, 2.24) is 10.2 Å². The largest absolute Gasteiger partial charge is 0.395 e. The monoisotopic (exact) mass is 262 g/mol. The lowest BCUT2D eigenvalue weighted by Gasteiger charge is -2.35. The molecule has 2 rings (SSSR count). The van der Waals surface area contributed by atoms with E-state index >= 15 is 0 Å².